The first-order valence-corrected chi connectivity index (χ1v) is 8.04. The number of hydrogen-bond donors (Lipinski definition) is 1. The molecule has 118 valence electrons. The Hall–Kier alpha value is -2.10. The van der Waals surface area contributed by atoms with Crippen molar-refractivity contribution >= 4 is 5.91 Å². The molecule has 1 atom stereocenters. The third-order valence-electron chi connectivity index (χ3n) is 3.75. The van der Waals surface area contributed by atoms with Gasteiger partial charge in [0.1, 0.15) is 5.69 Å². The van der Waals surface area contributed by atoms with E-state index in [1.54, 1.807) is 4.68 Å². The molecule has 0 aliphatic rings. The van der Waals surface area contributed by atoms with Gasteiger partial charge in [-0.25, -0.2) is 0 Å². The fourth-order valence-electron chi connectivity index (χ4n) is 2.65. The molecular formula is C18H25N3O. The fourth-order valence-corrected chi connectivity index (χ4v) is 2.65. The molecule has 0 spiro atoms. The second-order valence-corrected chi connectivity index (χ2v) is 5.62. The Morgan fingerprint density at radius 2 is 1.95 bits per heavy atom. The molecule has 1 aromatic heterocycles. The SMILES string of the molecule is CCCc1cc(C(=O)N[C@H](CCC)c2ccccc2)n(C)n1. The van der Waals surface area contributed by atoms with E-state index in [1.165, 1.54) is 0 Å². The molecule has 2 aromatic rings. The van der Waals surface area contributed by atoms with Gasteiger partial charge in [-0.05, 0) is 24.5 Å². The molecule has 0 aliphatic carbocycles. The number of nitrogens with zero attached hydrogens (tertiary/aromatic N) is 2. The molecule has 0 aliphatic heterocycles. The minimum absolute atomic E-state index is 0.0447. The monoisotopic (exact) mass is 299 g/mol. The smallest absolute Gasteiger partial charge is 0.270 e. The van der Waals surface area contributed by atoms with E-state index < -0.39 is 0 Å². The third-order valence-corrected chi connectivity index (χ3v) is 3.75. The van der Waals surface area contributed by atoms with Crippen LogP contribution in [0.3, 0.4) is 0 Å². The van der Waals surface area contributed by atoms with Crippen molar-refractivity contribution in [2.75, 3.05) is 0 Å². The molecule has 0 unspecified atom stereocenters. The average Bonchev–Trinajstić information content (AvgIpc) is 2.89. The number of carbonyl (C=O) groups is 1. The molecule has 22 heavy (non-hydrogen) atoms. The molecule has 4 nitrogen and oxygen atoms in total. The first-order chi connectivity index (χ1) is 10.7. The lowest BCUT2D eigenvalue weighted by Crippen LogP contribution is -2.30. The highest BCUT2D eigenvalue weighted by atomic mass is 16.2. The van der Waals surface area contributed by atoms with Crippen molar-refractivity contribution in [1.82, 2.24) is 15.1 Å². The largest absolute Gasteiger partial charge is 0.344 e. The number of hydrogen-bond acceptors (Lipinski definition) is 2. The maximum Gasteiger partial charge on any atom is 0.270 e. The molecule has 0 saturated carbocycles. The van der Waals surface area contributed by atoms with Crippen LogP contribution in [-0.2, 0) is 13.5 Å². The Morgan fingerprint density at radius 3 is 2.59 bits per heavy atom. The van der Waals surface area contributed by atoms with Crippen LogP contribution < -0.4 is 5.32 Å². The van der Waals surface area contributed by atoms with Gasteiger partial charge in [0.05, 0.1) is 11.7 Å². The Labute approximate surface area is 132 Å². The summed E-state index contributed by atoms with van der Waals surface area (Å²) in [5.74, 6) is -0.0559. The Balaban J connectivity index is 2.14. The van der Waals surface area contributed by atoms with E-state index in [1.807, 2.05) is 31.3 Å². The molecule has 4 heteroatoms. The zero-order valence-corrected chi connectivity index (χ0v) is 13.7. The summed E-state index contributed by atoms with van der Waals surface area (Å²) in [6.45, 7) is 4.24. The predicted molar refractivity (Wildman–Crippen MR) is 88.8 cm³/mol. The maximum absolute atomic E-state index is 12.6. The number of rotatable bonds is 7. The zero-order valence-electron chi connectivity index (χ0n) is 13.7. The Kier molecular flexibility index (Phi) is 5.75. The lowest BCUT2D eigenvalue weighted by Gasteiger charge is -2.18. The lowest BCUT2D eigenvalue weighted by atomic mass is 10.0. The van der Waals surface area contributed by atoms with Crippen molar-refractivity contribution in [3.8, 4) is 0 Å². The molecule has 0 fully saturated rings. The Bertz CT molecular complexity index is 604. The number of benzene rings is 1. The average molecular weight is 299 g/mol. The second kappa shape index (κ2) is 7.78. The van der Waals surface area contributed by atoms with Gasteiger partial charge < -0.3 is 5.32 Å². The molecular weight excluding hydrogens is 274 g/mol. The van der Waals surface area contributed by atoms with Gasteiger partial charge in [-0.1, -0.05) is 57.0 Å². The number of aromatic nitrogens is 2. The Morgan fingerprint density at radius 1 is 1.23 bits per heavy atom. The van der Waals surface area contributed by atoms with Gasteiger partial charge in [0.25, 0.3) is 5.91 Å². The minimum atomic E-state index is -0.0559. The van der Waals surface area contributed by atoms with Crippen molar-refractivity contribution in [2.45, 2.75) is 45.6 Å². The fraction of sp³-hybridized carbons (Fsp3) is 0.444. The van der Waals surface area contributed by atoms with Gasteiger partial charge in [0.2, 0.25) is 0 Å². The number of carbonyl (C=O) groups excluding carboxylic acids is 1. The van der Waals surface area contributed by atoms with Crippen LogP contribution in [0.25, 0.3) is 0 Å². The number of aryl methyl sites for hydroxylation is 2. The standard InChI is InChI=1S/C18H25N3O/c1-4-9-15-13-17(21(3)20-15)18(22)19-16(10-5-2)14-11-7-6-8-12-14/h6-8,11-13,16H,4-5,9-10H2,1-3H3,(H,19,22)/t16-/m1/s1. The molecule has 2 rings (SSSR count). The van der Waals surface area contributed by atoms with E-state index in [0.29, 0.717) is 5.69 Å². The first-order valence-electron chi connectivity index (χ1n) is 8.04. The van der Waals surface area contributed by atoms with Gasteiger partial charge in [-0.15, -0.1) is 0 Å². The zero-order chi connectivity index (χ0) is 15.9. The van der Waals surface area contributed by atoms with Gasteiger partial charge in [0, 0.05) is 7.05 Å². The summed E-state index contributed by atoms with van der Waals surface area (Å²) < 4.78 is 1.67. The summed E-state index contributed by atoms with van der Waals surface area (Å²) in [6.07, 6.45) is 3.88. The molecule has 0 radical (unpaired) electrons. The predicted octanol–water partition coefficient (Wildman–Crippen LogP) is 3.64. The quantitative estimate of drug-likeness (QED) is 0.848. The van der Waals surface area contributed by atoms with Crippen LogP contribution in [0, 0.1) is 0 Å². The van der Waals surface area contributed by atoms with Crippen LogP contribution in [0.5, 0.6) is 0 Å². The van der Waals surface area contributed by atoms with E-state index in [4.69, 9.17) is 0 Å². The van der Waals surface area contributed by atoms with Crippen molar-refractivity contribution in [1.29, 1.82) is 0 Å². The molecule has 1 N–H and O–H groups in total. The summed E-state index contributed by atoms with van der Waals surface area (Å²) in [7, 11) is 1.82. The van der Waals surface area contributed by atoms with Gasteiger partial charge in [-0.2, -0.15) is 5.10 Å². The maximum atomic E-state index is 12.6. The topological polar surface area (TPSA) is 46.9 Å². The van der Waals surface area contributed by atoms with Gasteiger partial charge in [0.15, 0.2) is 0 Å². The first kappa shape index (κ1) is 16.3. The van der Waals surface area contributed by atoms with Crippen molar-refractivity contribution in [3.05, 3.63) is 53.3 Å². The normalized spacial score (nSPS) is 12.1. The van der Waals surface area contributed by atoms with Crippen molar-refractivity contribution in [2.24, 2.45) is 7.05 Å². The van der Waals surface area contributed by atoms with Crippen LogP contribution in [0.4, 0.5) is 0 Å². The van der Waals surface area contributed by atoms with E-state index in [9.17, 15) is 4.79 Å². The van der Waals surface area contributed by atoms with Gasteiger partial charge >= 0.3 is 0 Å². The van der Waals surface area contributed by atoms with E-state index in [-0.39, 0.29) is 11.9 Å². The van der Waals surface area contributed by atoms with Crippen molar-refractivity contribution in [3.63, 3.8) is 0 Å². The summed E-state index contributed by atoms with van der Waals surface area (Å²) in [4.78, 5) is 12.6. The van der Waals surface area contributed by atoms with Crippen LogP contribution in [0.1, 0.15) is 60.9 Å². The highest BCUT2D eigenvalue weighted by molar-refractivity contribution is 5.92. The van der Waals surface area contributed by atoms with Crippen molar-refractivity contribution < 1.29 is 4.79 Å². The van der Waals surface area contributed by atoms with E-state index in [0.717, 1.165) is 36.9 Å². The summed E-state index contributed by atoms with van der Waals surface area (Å²) in [5, 5.41) is 7.55. The summed E-state index contributed by atoms with van der Waals surface area (Å²) in [5.41, 5.74) is 2.75. The highest BCUT2D eigenvalue weighted by Gasteiger charge is 2.18. The van der Waals surface area contributed by atoms with Crippen LogP contribution >= 0.6 is 0 Å². The van der Waals surface area contributed by atoms with Crippen LogP contribution in [0.15, 0.2) is 36.4 Å². The number of amides is 1. The summed E-state index contributed by atoms with van der Waals surface area (Å²) >= 11 is 0. The molecule has 1 amide bonds. The van der Waals surface area contributed by atoms with Gasteiger partial charge in [-0.3, -0.25) is 9.48 Å². The van der Waals surface area contributed by atoms with E-state index in [2.05, 4.69) is 36.4 Å². The third kappa shape index (κ3) is 3.97. The molecule has 1 aromatic carbocycles. The second-order valence-electron chi connectivity index (χ2n) is 5.62. The molecule has 0 bridgehead atoms. The van der Waals surface area contributed by atoms with Crippen LogP contribution in [0.2, 0.25) is 0 Å². The molecule has 0 saturated heterocycles. The highest BCUT2D eigenvalue weighted by Crippen LogP contribution is 2.19. The number of nitrogens with one attached hydrogen (secondary N) is 1. The van der Waals surface area contributed by atoms with E-state index >= 15 is 0 Å². The van der Waals surface area contributed by atoms with Crippen LogP contribution in [-0.4, -0.2) is 15.7 Å². The lowest BCUT2D eigenvalue weighted by molar-refractivity contribution is 0.0925. The summed E-state index contributed by atoms with van der Waals surface area (Å²) in [6, 6.07) is 12.1. The minimum Gasteiger partial charge on any atom is -0.344 e. The molecule has 1 heterocycles.